The first-order valence-corrected chi connectivity index (χ1v) is 7.66. The summed E-state index contributed by atoms with van der Waals surface area (Å²) in [5, 5.41) is 0. The summed E-state index contributed by atoms with van der Waals surface area (Å²) >= 11 is 0. The highest BCUT2D eigenvalue weighted by molar-refractivity contribution is 5.86. The third-order valence-corrected chi connectivity index (χ3v) is 5.53. The Hall–Kier alpha value is -0.370. The SMILES string of the molecule is CCCOCC(=O)C12CC3CC(CC(C)(C3)C1)C2. The quantitative estimate of drug-likeness (QED) is 0.697. The summed E-state index contributed by atoms with van der Waals surface area (Å²) in [6.07, 6.45) is 8.59. The first-order chi connectivity index (χ1) is 8.55. The Morgan fingerprint density at radius 1 is 1.22 bits per heavy atom. The third kappa shape index (κ3) is 2.03. The van der Waals surface area contributed by atoms with Crippen molar-refractivity contribution in [2.45, 2.75) is 58.8 Å². The summed E-state index contributed by atoms with van der Waals surface area (Å²) in [6.45, 7) is 5.60. The number of ether oxygens (including phenoxy) is 1. The average Bonchev–Trinajstić information content (AvgIpc) is 2.25. The molecule has 102 valence electrons. The molecule has 0 heterocycles. The molecule has 4 bridgehead atoms. The summed E-state index contributed by atoms with van der Waals surface area (Å²) in [4.78, 5) is 12.6. The zero-order chi connectivity index (χ0) is 12.8. The van der Waals surface area contributed by atoms with Crippen molar-refractivity contribution in [2.75, 3.05) is 13.2 Å². The van der Waals surface area contributed by atoms with Crippen LogP contribution in [0.15, 0.2) is 0 Å². The van der Waals surface area contributed by atoms with Gasteiger partial charge in [0.15, 0.2) is 5.78 Å². The van der Waals surface area contributed by atoms with Crippen LogP contribution in [0.5, 0.6) is 0 Å². The standard InChI is InChI=1S/C16H26O2/c1-3-4-18-10-14(17)16-8-12-5-13(9-16)7-15(2,6-12)11-16/h12-13H,3-11H2,1-2H3. The maximum Gasteiger partial charge on any atom is 0.164 e. The fourth-order valence-corrected chi connectivity index (χ4v) is 5.51. The molecule has 2 nitrogen and oxygen atoms in total. The van der Waals surface area contributed by atoms with Crippen LogP contribution in [-0.4, -0.2) is 19.0 Å². The van der Waals surface area contributed by atoms with Crippen molar-refractivity contribution in [3.8, 4) is 0 Å². The van der Waals surface area contributed by atoms with E-state index in [-0.39, 0.29) is 5.41 Å². The highest BCUT2D eigenvalue weighted by Crippen LogP contribution is 2.65. The number of Topliss-reactive ketones (excluding diaryl/α,β-unsaturated/α-hetero) is 1. The molecule has 0 N–H and O–H groups in total. The van der Waals surface area contributed by atoms with E-state index in [1.807, 2.05) is 0 Å². The molecule has 4 fully saturated rings. The van der Waals surface area contributed by atoms with Crippen molar-refractivity contribution in [1.29, 1.82) is 0 Å². The highest BCUT2D eigenvalue weighted by Gasteiger charge is 2.58. The number of carbonyl (C=O) groups excluding carboxylic acids is 1. The third-order valence-electron chi connectivity index (χ3n) is 5.53. The minimum absolute atomic E-state index is 0.00652. The van der Waals surface area contributed by atoms with E-state index in [0.717, 1.165) is 44.1 Å². The summed E-state index contributed by atoms with van der Waals surface area (Å²) in [7, 11) is 0. The molecule has 0 aromatic rings. The zero-order valence-electron chi connectivity index (χ0n) is 11.8. The van der Waals surface area contributed by atoms with Crippen molar-refractivity contribution in [1.82, 2.24) is 0 Å². The van der Waals surface area contributed by atoms with Gasteiger partial charge in [0.1, 0.15) is 6.61 Å². The Balaban J connectivity index is 1.72. The maximum atomic E-state index is 12.6. The van der Waals surface area contributed by atoms with Gasteiger partial charge >= 0.3 is 0 Å². The van der Waals surface area contributed by atoms with Gasteiger partial charge in [-0.15, -0.1) is 0 Å². The van der Waals surface area contributed by atoms with Gasteiger partial charge in [0, 0.05) is 12.0 Å². The Morgan fingerprint density at radius 3 is 2.44 bits per heavy atom. The lowest BCUT2D eigenvalue weighted by molar-refractivity contribution is -0.157. The molecule has 0 radical (unpaired) electrons. The Bertz CT molecular complexity index is 333. The fraction of sp³-hybridized carbons (Fsp3) is 0.938. The summed E-state index contributed by atoms with van der Waals surface area (Å²) in [5.41, 5.74) is 0.469. The Labute approximate surface area is 110 Å². The van der Waals surface area contributed by atoms with Crippen LogP contribution in [0.2, 0.25) is 0 Å². The summed E-state index contributed by atoms with van der Waals surface area (Å²) in [5.74, 6) is 2.06. The van der Waals surface area contributed by atoms with E-state index in [0.29, 0.717) is 17.8 Å². The van der Waals surface area contributed by atoms with Gasteiger partial charge in [-0.1, -0.05) is 13.8 Å². The molecule has 0 aliphatic heterocycles. The first-order valence-electron chi connectivity index (χ1n) is 7.66. The van der Waals surface area contributed by atoms with Crippen LogP contribution in [0.25, 0.3) is 0 Å². The number of ketones is 1. The van der Waals surface area contributed by atoms with Crippen molar-refractivity contribution in [2.24, 2.45) is 22.7 Å². The van der Waals surface area contributed by atoms with Crippen LogP contribution >= 0.6 is 0 Å². The zero-order valence-corrected chi connectivity index (χ0v) is 11.8. The normalized spacial score (nSPS) is 45.4. The topological polar surface area (TPSA) is 26.3 Å². The van der Waals surface area contributed by atoms with E-state index in [1.165, 1.54) is 19.3 Å². The second kappa shape index (κ2) is 4.33. The smallest absolute Gasteiger partial charge is 0.164 e. The minimum atomic E-state index is 0.00652. The molecule has 0 saturated heterocycles. The van der Waals surface area contributed by atoms with E-state index >= 15 is 0 Å². The van der Waals surface area contributed by atoms with Gasteiger partial charge in [-0.25, -0.2) is 0 Å². The molecule has 4 rings (SSSR count). The molecule has 2 heteroatoms. The molecule has 0 aromatic heterocycles. The molecular weight excluding hydrogens is 224 g/mol. The molecular formula is C16H26O2. The van der Waals surface area contributed by atoms with Gasteiger partial charge < -0.3 is 4.74 Å². The lowest BCUT2D eigenvalue weighted by atomic mass is 9.44. The lowest BCUT2D eigenvalue weighted by Crippen LogP contribution is -2.54. The minimum Gasteiger partial charge on any atom is -0.374 e. The second-order valence-corrected chi connectivity index (χ2v) is 7.53. The molecule has 0 amide bonds. The van der Waals surface area contributed by atoms with E-state index in [9.17, 15) is 4.79 Å². The molecule has 0 spiro atoms. The van der Waals surface area contributed by atoms with Gasteiger partial charge in [0.05, 0.1) is 0 Å². The predicted molar refractivity (Wildman–Crippen MR) is 71.3 cm³/mol. The van der Waals surface area contributed by atoms with Gasteiger partial charge in [-0.05, 0) is 62.2 Å². The van der Waals surface area contributed by atoms with Crippen LogP contribution in [0, 0.1) is 22.7 Å². The molecule has 18 heavy (non-hydrogen) atoms. The van der Waals surface area contributed by atoms with E-state index in [1.54, 1.807) is 0 Å². The molecule has 2 atom stereocenters. The molecule has 0 aromatic carbocycles. The highest BCUT2D eigenvalue weighted by atomic mass is 16.5. The monoisotopic (exact) mass is 250 g/mol. The van der Waals surface area contributed by atoms with Gasteiger partial charge in [0.2, 0.25) is 0 Å². The van der Waals surface area contributed by atoms with Crippen LogP contribution in [0.3, 0.4) is 0 Å². The van der Waals surface area contributed by atoms with Gasteiger partial charge in [0.25, 0.3) is 0 Å². The van der Waals surface area contributed by atoms with Crippen molar-refractivity contribution in [3.05, 3.63) is 0 Å². The maximum absolute atomic E-state index is 12.6. The van der Waals surface area contributed by atoms with Crippen LogP contribution < -0.4 is 0 Å². The summed E-state index contributed by atoms with van der Waals surface area (Å²) < 4.78 is 5.52. The van der Waals surface area contributed by atoms with Crippen molar-refractivity contribution >= 4 is 5.78 Å². The van der Waals surface area contributed by atoms with Gasteiger partial charge in [-0.2, -0.15) is 0 Å². The van der Waals surface area contributed by atoms with Crippen molar-refractivity contribution < 1.29 is 9.53 Å². The second-order valence-electron chi connectivity index (χ2n) is 7.53. The molecule has 4 saturated carbocycles. The summed E-state index contributed by atoms with van der Waals surface area (Å²) in [6, 6.07) is 0. The predicted octanol–water partition coefficient (Wildman–Crippen LogP) is 3.59. The first kappa shape index (κ1) is 12.7. The van der Waals surface area contributed by atoms with E-state index in [4.69, 9.17) is 4.74 Å². The average molecular weight is 250 g/mol. The lowest BCUT2D eigenvalue weighted by Gasteiger charge is -2.60. The van der Waals surface area contributed by atoms with Gasteiger partial charge in [-0.3, -0.25) is 4.79 Å². The van der Waals surface area contributed by atoms with Crippen LogP contribution in [-0.2, 0) is 9.53 Å². The molecule has 4 aliphatic carbocycles. The van der Waals surface area contributed by atoms with Crippen molar-refractivity contribution in [3.63, 3.8) is 0 Å². The molecule has 2 unspecified atom stereocenters. The number of carbonyl (C=O) groups is 1. The largest absolute Gasteiger partial charge is 0.374 e. The van der Waals surface area contributed by atoms with Crippen LogP contribution in [0.4, 0.5) is 0 Å². The van der Waals surface area contributed by atoms with E-state index < -0.39 is 0 Å². The van der Waals surface area contributed by atoms with E-state index in [2.05, 4.69) is 13.8 Å². The molecule has 4 aliphatic rings. The van der Waals surface area contributed by atoms with Crippen LogP contribution in [0.1, 0.15) is 58.8 Å². The fourth-order valence-electron chi connectivity index (χ4n) is 5.51. The Kier molecular flexibility index (Phi) is 3.04. The Morgan fingerprint density at radius 2 is 1.89 bits per heavy atom. The number of rotatable bonds is 5. The number of hydrogen-bond donors (Lipinski definition) is 0. The number of hydrogen-bond acceptors (Lipinski definition) is 2.